The quantitative estimate of drug-likeness (QED) is 0.0573. The number of ether oxygens (including phenoxy) is 6. The highest BCUT2D eigenvalue weighted by molar-refractivity contribution is 8.24. The average molecular weight is 905 g/mol. The van der Waals surface area contributed by atoms with E-state index < -0.39 is 59.5 Å². The summed E-state index contributed by atoms with van der Waals surface area (Å²) in [5.41, 5.74) is 1.66. The van der Waals surface area contributed by atoms with Gasteiger partial charge < -0.3 is 28.4 Å². The maximum atomic E-state index is 13.5. The molecule has 16 heteroatoms. The molecular formula is C48H44N2O12S2. The van der Waals surface area contributed by atoms with Crippen molar-refractivity contribution in [2.24, 2.45) is 23.7 Å². The first-order valence-corrected chi connectivity index (χ1v) is 22.3. The third-order valence-corrected chi connectivity index (χ3v) is 13.6. The Morgan fingerprint density at radius 1 is 0.531 bits per heavy atom. The fraction of sp³-hybridized carbons (Fsp3) is 0.333. The van der Waals surface area contributed by atoms with Crippen molar-refractivity contribution in [3.05, 3.63) is 107 Å². The summed E-state index contributed by atoms with van der Waals surface area (Å²) in [7, 11) is 0. The summed E-state index contributed by atoms with van der Waals surface area (Å²) >= 11 is 2.16. The zero-order valence-corrected chi connectivity index (χ0v) is 36.4. The smallest absolute Gasteiger partial charge is 0.330 e. The van der Waals surface area contributed by atoms with Gasteiger partial charge in [0.25, 0.3) is 0 Å². The van der Waals surface area contributed by atoms with Gasteiger partial charge in [-0.2, -0.15) is 10.5 Å². The van der Waals surface area contributed by atoms with Crippen LogP contribution in [-0.4, -0.2) is 49.0 Å². The molecular weight excluding hydrogens is 861 g/mol. The predicted molar refractivity (Wildman–Crippen MR) is 232 cm³/mol. The lowest BCUT2D eigenvalue weighted by Crippen LogP contribution is -2.30. The van der Waals surface area contributed by atoms with Gasteiger partial charge in [-0.05, 0) is 98.9 Å². The summed E-state index contributed by atoms with van der Waals surface area (Å²) in [6.45, 7) is 7.13. The number of benzene rings is 3. The number of fused-ring (bicyclic) bond motifs is 1. The Morgan fingerprint density at radius 2 is 0.859 bits per heavy atom. The van der Waals surface area contributed by atoms with Crippen molar-refractivity contribution >= 4 is 59.3 Å². The summed E-state index contributed by atoms with van der Waals surface area (Å²) in [5.74, 6) is -3.41. The standard InChI is InChI=1S/C48H44N2O12S2/c1-3-40(51)57-25-23-29-5-17-36(18-6-29)59-44(53)31-9-13-33(14-10-31)46(55)61-38-21-22-39(43-42(38)63-48(64-43)35(27-49)28-50)62-47(56)34-15-11-32(12-16-34)45(54)60-37-19-7-30(8-20-37)24-26-58-41(52)4-2/h3-8,17-22,31-34H,1-2,9-16,23-26H2. The van der Waals surface area contributed by atoms with Crippen LogP contribution in [0.2, 0.25) is 0 Å². The van der Waals surface area contributed by atoms with Crippen LogP contribution in [0, 0.1) is 46.3 Å². The number of nitrogens with zero attached hydrogens (tertiary/aromatic N) is 2. The average Bonchev–Trinajstić information content (AvgIpc) is 3.77. The number of carbonyl (C=O) groups is 6. The van der Waals surface area contributed by atoms with Crippen LogP contribution >= 0.6 is 23.5 Å². The summed E-state index contributed by atoms with van der Waals surface area (Å²) in [6, 6.07) is 20.7. The monoisotopic (exact) mass is 904 g/mol. The molecule has 0 bridgehead atoms. The molecule has 0 aromatic heterocycles. The molecule has 0 amide bonds. The number of thioether (sulfide) groups is 2. The Balaban J connectivity index is 1.00. The molecule has 14 nitrogen and oxygen atoms in total. The molecule has 2 saturated carbocycles. The van der Waals surface area contributed by atoms with Crippen molar-refractivity contribution < 1.29 is 57.2 Å². The van der Waals surface area contributed by atoms with E-state index >= 15 is 0 Å². The van der Waals surface area contributed by atoms with E-state index in [0.29, 0.717) is 89.7 Å². The molecule has 3 aromatic rings. The molecule has 3 aromatic carbocycles. The molecule has 2 fully saturated rings. The second-order valence-corrected chi connectivity index (χ2v) is 17.4. The Labute approximate surface area is 378 Å². The normalized spacial score (nSPS) is 18.7. The van der Waals surface area contributed by atoms with Gasteiger partial charge in [-0.15, -0.1) is 0 Å². The molecule has 0 N–H and O–H groups in total. The van der Waals surface area contributed by atoms with E-state index in [1.807, 2.05) is 12.1 Å². The predicted octanol–water partition coefficient (Wildman–Crippen LogP) is 8.32. The van der Waals surface area contributed by atoms with Gasteiger partial charge in [0.15, 0.2) is 0 Å². The lowest BCUT2D eigenvalue weighted by Gasteiger charge is -2.26. The van der Waals surface area contributed by atoms with Crippen LogP contribution in [0.5, 0.6) is 23.0 Å². The number of allylic oxidation sites excluding steroid dienone is 1. The topological polar surface area (TPSA) is 205 Å². The van der Waals surface area contributed by atoms with Crippen LogP contribution in [-0.2, 0) is 51.1 Å². The summed E-state index contributed by atoms with van der Waals surface area (Å²) in [4.78, 5) is 76.4. The van der Waals surface area contributed by atoms with E-state index in [9.17, 15) is 39.3 Å². The van der Waals surface area contributed by atoms with Crippen molar-refractivity contribution in [3.8, 4) is 35.1 Å². The minimum atomic E-state index is -0.497. The molecule has 0 atom stereocenters. The van der Waals surface area contributed by atoms with Crippen molar-refractivity contribution in [1.29, 1.82) is 10.5 Å². The van der Waals surface area contributed by atoms with E-state index in [0.717, 1.165) is 46.8 Å². The Bertz CT molecular complexity index is 2240. The largest absolute Gasteiger partial charge is 0.462 e. The van der Waals surface area contributed by atoms with Crippen molar-refractivity contribution in [3.63, 3.8) is 0 Å². The van der Waals surface area contributed by atoms with Crippen molar-refractivity contribution in [2.45, 2.75) is 74.0 Å². The highest BCUT2D eigenvalue weighted by Crippen LogP contribution is 2.59. The summed E-state index contributed by atoms with van der Waals surface area (Å²) in [6.07, 6.45) is 6.43. The van der Waals surface area contributed by atoms with Crippen LogP contribution in [0.1, 0.15) is 62.5 Å². The number of esters is 6. The third kappa shape index (κ3) is 12.5. The van der Waals surface area contributed by atoms with Gasteiger partial charge in [0, 0.05) is 25.0 Å². The first kappa shape index (κ1) is 46.9. The van der Waals surface area contributed by atoms with Gasteiger partial charge in [-0.1, -0.05) is 60.9 Å². The summed E-state index contributed by atoms with van der Waals surface area (Å²) < 4.78 is 33.4. The fourth-order valence-corrected chi connectivity index (χ4v) is 9.80. The van der Waals surface area contributed by atoms with Gasteiger partial charge in [0.05, 0.1) is 50.9 Å². The van der Waals surface area contributed by atoms with Crippen molar-refractivity contribution in [1.82, 2.24) is 0 Å². The number of nitriles is 2. The molecule has 1 heterocycles. The van der Waals surface area contributed by atoms with Gasteiger partial charge >= 0.3 is 35.8 Å². The van der Waals surface area contributed by atoms with Crippen LogP contribution in [0.25, 0.3) is 0 Å². The zero-order valence-electron chi connectivity index (χ0n) is 34.7. The molecule has 6 rings (SSSR count). The SMILES string of the molecule is C=CC(=O)OCCc1ccc(OC(=O)C2CCC(C(=O)Oc3ccc(OC(=O)C4CCC(C(=O)Oc5ccc(CCOC(=O)C=C)cc5)CC4)c4c3SC(=C(C#N)C#N)S4)CC2)cc1. The van der Waals surface area contributed by atoms with Gasteiger partial charge in [-0.25, -0.2) is 9.59 Å². The first-order valence-electron chi connectivity index (χ1n) is 20.7. The van der Waals surface area contributed by atoms with Crippen molar-refractivity contribution in [2.75, 3.05) is 13.2 Å². The molecule has 0 radical (unpaired) electrons. The molecule has 2 aliphatic carbocycles. The highest BCUT2D eigenvalue weighted by Gasteiger charge is 2.36. The third-order valence-electron chi connectivity index (χ3n) is 11.0. The van der Waals surface area contributed by atoms with Crippen LogP contribution in [0.4, 0.5) is 0 Å². The van der Waals surface area contributed by atoms with E-state index in [4.69, 9.17) is 28.4 Å². The van der Waals surface area contributed by atoms with E-state index in [1.165, 1.54) is 12.1 Å². The van der Waals surface area contributed by atoms with Crippen LogP contribution < -0.4 is 18.9 Å². The number of hydrogen-bond acceptors (Lipinski definition) is 16. The number of carbonyl (C=O) groups excluding carboxylic acids is 6. The molecule has 330 valence electrons. The lowest BCUT2D eigenvalue weighted by atomic mass is 9.82. The molecule has 0 unspecified atom stereocenters. The molecule has 0 saturated heterocycles. The van der Waals surface area contributed by atoms with Crippen LogP contribution in [0.15, 0.2) is 106 Å². The van der Waals surface area contributed by atoms with E-state index in [2.05, 4.69) is 13.2 Å². The van der Waals surface area contributed by atoms with Crippen LogP contribution in [0.3, 0.4) is 0 Å². The molecule has 3 aliphatic rings. The molecule has 64 heavy (non-hydrogen) atoms. The Hall–Kier alpha value is -6.62. The Morgan fingerprint density at radius 3 is 1.17 bits per heavy atom. The maximum absolute atomic E-state index is 13.5. The second kappa shape index (κ2) is 22.6. The molecule has 0 spiro atoms. The minimum absolute atomic E-state index is 0.138. The second-order valence-electron chi connectivity index (χ2n) is 15.1. The first-order chi connectivity index (χ1) is 31.0. The summed E-state index contributed by atoms with van der Waals surface area (Å²) in [5, 5.41) is 19.2. The zero-order chi connectivity index (χ0) is 45.6. The number of hydrogen-bond donors (Lipinski definition) is 0. The van der Waals surface area contributed by atoms with Gasteiger partial charge in [-0.3, -0.25) is 19.2 Å². The van der Waals surface area contributed by atoms with E-state index in [1.54, 1.807) is 48.5 Å². The fourth-order valence-electron chi connectivity index (χ4n) is 7.32. The highest BCUT2D eigenvalue weighted by atomic mass is 32.2. The maximum Gasteiger partial charge on any atom is 0.330 e. The van der Waals surface area contributed by atoms with Gasteiger partial charge in [0.1, 0.15) is 40.7 Å². The Kier molecular flexibility index (Phi) is 16.6. The molecule has 1 aliphatic heterocycles. The number of rotatable bonds is 16. The minimum Gasteiger partial charge on any atom is -0.462 e. The lowest BCUT2D eigenvalue weighted by molar-refractivity contribution is -0.145. The van der Waals surface area contributed by atoms with Gasteiger partial charge in [0.2, 0.25) is 0 Å². The van der Waals surface area contributed by atoms with E-state index in [-0.39, 0.29) is 30.3 Å².